The molecular weight excluding hydrogens is 412 g/mol. The Balaban J connectivity index is 1.76. The van der Waals surface area contributed by atoms with Crippen LogP contribution in [0.3, 0.4) is 0 Å². The minimum absolute atomic E-state index is 0.242. The second-order valence-electron chi connectivity index (χ2n) is 7.23. The van der Waals surface area contributed by atoms with Crippen molar-refractivity contribution in [3.63, 3.8) is 0 Å². The zero-order chi connectivity index (χ0) is 22.2. The summed E-state index contributed by atoms with van der Waals surface area (Å²) in [7, 11) is 1.61. The molecule has 3 aromatic rings. The fourth-order valence-electron chi connectivity index (χ4n) is 3.23. The zero-order valence-electron chi connectivity index (χ0n) is 17.5. The van der Waals surface area contributed by atoms with Crippen molar-refractivity contribution in [2.24, 2.45) is 0 Å². The standard InChI is InChI=1S/C25H25ClN2O3/c1-17(19-11-13-22(31-2)14-12-19)27-25(30)23(16-18-7-6-10-21(26)15-18)28-24(29)20-8-4-3-5-9-20/h3-15,17,23H,16H2,1-2H3,(H,27,30)(H,28,29). The lowest BCUT2D eigenvalue weighted by atomic mass is 10.0. The Bertz CT molecular complexity index is 1020. The predicted octanol–water partition coefficient (Wildman–Crippen LogP) is 4.57. The van der Waals surface area contributed by atoms with Gasteiger partial charge in [0.15, 0.2) is 0 Å². The first-order chi connectivity index (χ1) is 15.0. The highest BCUT2D eigenvalue weighted by Gasteiger charge is 2.23. The van der Waals surface area contributed by atoms with E-state index >= 15 is 0 Å². The monoisotopic (exact) mass is 436 g/mol. The first-order valence-corrected chi connectivity index (χ1v) is 10.4. The quantitative estimate of drug-likeness (QED) is 0.543. The van der Waals surface area contributed by atoms with E-state index in [4.69, 9.17) is 16.3 Å². The average molecular weight is 437 g/mol. The number of methoxy groups -OCH3 is 1. The van der Waals surface area contributed by atoms with Crippen molar-refractivity contribution in [3.8, 4) is 5.75 Å². The molecule has 0 aliphatic carbocycles. The molecule has 0 fully saturated rings. The van der Waals surface area contributed by atoms with E-state index in [1.54, 1.807) is 43.5 Å². The Kier molecular flexibility index (Phi) is 7.68. The molecule has 2 unspecified atom stereocenters. The highest BCUT2D eigenvalue weighted by molar-refractivity contribution is 6.30. The van der Waals surface area contributed by atoms with Crippen LogP contribution in [0.4, 0.5) is 0 Å². The number of rotatable bonds is 8. The highest BCUT2D eigenvalue weighted by atomic mass is 35.5. The molecule has 31 heavy (non-hydrogen) atoms. The van der Waals surface area contributed by atoms with Crippen molar-refractivity contribution < 1.29 is 14.3 Å². The van der Waals surface area contributed by atoms with Crippen molar-refractivity contribution in [1.82, 2.24) is 10.6 Å². The molecule has 0 spiro atoms. The third-order valence-corrected chi connectivity index (χ3v) is 5.20. The van der Waals surface area contributed by atoms with Crippen molar-refractivity contribution in [3.05, 3.63) is 101 Å². The average Bonchev–Trinajstić information content (AvgIpc) is 2.79. The number of nitrogens with one attached hydrogen (secondary N) is 2. The van der Waals surface area contributed by atoms with E-state index in [1.165, 1.54) is 0 Å². The smallest absolute Gasteiger partial charge is 0.251 e. The minimum Gasteiger partial charge on any atom is -0.497 e. The largest absolute Gasteiger partial charge is 0.497 e. The predicted molar refractivity (Wildman–Crippen MR) is 122 cm³/mol. The lowest BCUT2D eigenvalue weighted by Gasteiger charge is -2.22. The molecule has 0 aliphatic rings. The Morgan fingerprint density at radius 3 is 2.29 bits per heavy atom. The molecule has 3 rings (SSSR count). The van der Waals surface area contributed by atoms with Gasteiger partial charge in [-0.05, 0) is 54.4 Å². The molecule has 6 heteroatoms. The number of amides is 2. The molecule has 0 radical (unpaired) electrons. The van der Waals surface area contributed by atoms with Gasteiger partial charge in [0, 0.05) is 17.0 Å². The first-order valence-electron chi connectivity index (χ1n) is 10.0. The van der Waals surface area contributed by atoms with Gasteiger partial charge in [-0.15, -0.1) is 0 Å². The third-order valence-electron chi connectivity index (χ3n) is 4.96. The van der Waals surface area contributed by atoms with Gasteiger partial charge in [0.25, 0.3) is 5.91 Å². The molecule has 0 aliphatic heterocycles. The van der Waals surface area contributed by atoms with E-state index in [1.807, 2.05) is 49.4 Å². The summed E-state index contributed by atoms with van der Waals surface area (Å²) in [6.07, 6.45) is 0.320. The van der Waals surface area contributed by atoms with Crippen molar-refractivity contribution >= 4 is 23.4 Å². The van der Waals surface area contributed by atoms with Crippen molar-refractivity contribution in [1.29, 1.82) is 0 Å². The second-order valence-corrected chi connectivity index (χ2v) is 7.67. The van der Waals surface area contributed by atoms with E-state index in [2.05, 4.69) is 10.6 Å². The Labute approximate surface area is 187 Å². The number of ether oxygens (including phenoxy) is 1. The van der Waals surface area contributed by atoms with Gasteiger partial charge in [0.1, 0.15) is 11.8 Å². The number of hydrogen-bond acceptors (Lipinski definition) is 3. The third kappa shape index (κ3) is 6.33. The van der Waals surface area contributed by atoms with Crippen LogP contribution in [-0.2, 0) is 11.2 Å². The van der Waals surface area contributed by atoms with Crippen LogP contribution in [0, 0.1) is 0 Å². The zero-order valence-corrected chi connectivity index (χ0v) is 18.2. The molecule has 5 nitrogen and oxygen atoms in total. The van der Waals surface area contributed by atoms with Crippen LogP contribution in [-0.4, -0.2) is 25.0 Å². The van der Waals surface area contributed by atoms with E-state index in [-0.39, 0.29) is 17.9 Å². The maximum atomic E-state index is 13.1. The molecule has 0 bridgehead atoms. The number of halogens is 1. The SMILES string of the molecule is COc1ccc(C(C)NC(=O)C(Cc2cccc(Cl)c2)NC(=O)c2ccccc2)cc1. The van der Waals surface area contributed by atoms with Crippen LogP contribution in [0.15, 0.2) is 78.9 Å². The van der Waals surface area contributed by atoms with Crippen LogP contribution >= 0.6 is 11.6 Å². The maximum Gasteiger partial charge on any atom is 0.251 e. The first kappa shape index (κ1) is 22.4. The van der Waals surface area contributed by atoms with Gasteiger partial charge in [-0.1, -0.05) is 54.1 Å². The van der Waals surface area contributed by atoms with E-state index in [0.717, 1.165) is 16.9 Å². The van der Waals surface area contributed by atoms with E-state index < -0.39 is 6.04 Å². The number of benzene rings is 3. The molecule has 2 N–H and O–H groups in total. The summed E-state index contributed by atoms with van der Waals surface area (Å²) >= 11 is 6.10. The lowest BCUT2D eigenvalue weighted by molar-refractivity contribution is -0.123. The summed E-state index contributed by atoms with van der Waals surface area (Å²) in [5.41, 5.74) is 2.29. The molecule has 0 saturated carbocycles. The Hall–Kier alpha value is -3.31. The number of carbonyl (C=O) groups excluding carboxylic acids is 2. The summed E-state index contributed by atoms with van der Waals surface area (Å²) in [4.78, 5) is 25.8. The van der Waals surface area contributed by atoms with Crippen LogP contribution < -0.4 is 15.4 Å². The summed E-state index contributed by atoms with van der Waals surface area (Å²) in [6.45, 7) is 1.90. The summed E-state index contributed by atoms with van der Waals surface area (Å²) in [5.74, 6) is 0.170. The number of hydrogen-bond donors (Lipinski definition) is 2. The maximum absolute atomic E-state index is 13.1. The van der Waals surface area contributed by atoms with Crippen LogP contribution in [0.5, 0.6) is 5.75 Å². The lowest BCUT2D eigenvalue weighted by Crippen LogP contribution is -2.48. The molecular formula is C25H25ClN2O3. The molecule has 0 saturated heterocycles. The summed E-state index contributed by atoms with van der Waals surface area (Å²) in [6, 6.07) is 22.6. The molecule has 0 aromatic heterocycles. The van der Waals surface area contributed by atoms with Crippen molar-refractivity contribution in [2.45, 2.75) is 25.4 Å². The normalized spacial score (nSPS) is 12.5. The molecule has 2 atom stereocenters. The fraction of sp³-hybridized carbons (Fsp3) is 0.200. The van der Waals surface area contributed by atoms with Crippen LogP contribution in [0.1, 0.15) is 34.5 Å². The molecule has 2 amide bonds. The molecule has 3 aromatic carbocycles. The summed E-state index contributed by atoms with van der Waals surface area (Å²) < 4.78 is 5.18. The van der Waals surface area contributed by atoms with Gasteiger partial charge in [0.05, 0.1) is 13.2 Å². The van der Waals surface area contributed by atoms with E-state index in [0.29, 0.717) is 17.0 Å². The van der Waals surface area contributed by atoms with Gasteiger partial charge in [-0.2, -0.15) is 0 Å². The molecule has 0 heterocycles. The van der Waals surface area contributed by atoms with Gasteiger partial charge < -0.3 is 15.4 Å². The van der Waals surface area contributed by atoms with E-state index in [9.17, 15) is 9.59 Å². The fourth-order valence-corrected chi connectivity index (χ4v) is 3.44. The summed E-state index contributed by atoms with van der Waals surface area (Å²) in [5, 5.41) is 6.44. The van der Waals surface area contributed by atoms with Gasteiger partial charge in [0.2, 0.25) is 5.91 Å². The number of carbonyl (C=O) groups is 2. The Morgan fingerprint density at radius 2 is 1.65 bits per heavy atom. The van der Waals surface area contributed by atoms with Gasteiger partial charge in [-0.3, -0.25) is 9.59 Å². The highest BCUT2D eigenvalue weighted by Crippen LogP contribution is 2.18. The Morgan fingerprint density at radius 1 is 0.935 bits per heavy atom. The minimum atomic E-state index is -0.758. The van der Waals surface area contributed by atoms with Gasteiger partial charge >= 0.3 is 0 Å². The van der Waals surface area contributed by atoms with Crippen LogP contribution in [0.2, 0.25) is 5.02 Å². The topological polar surface area (TPSA) is 67.4 Å². The second kappa shape index (κ2) is 10.6. The molecule has 160 valence electrons. The van der Waals surface area contributed by atoms with Crippen LogP contribution in [0.25, 0.3) is 0 Å². The van der Waals surface area contributed by atoms with Gasteiger partial charge in [-0.25, -0.2) is 0 Å². The van der Waals surface area contributed by atoms with Crippen molar-refractivity contribution in [2.75, 3.05) is 7.11 Å².